The number of hydrogen-bond acceptors (Lipinski definition) is 2. The van der Waals surface area contributed by atoms with Crippen molar-refractivity contribution in [3.05, 3.63) is 33.3 Å². The fourth-order valence-electron chi connectivity index (χ4n) is 1.99. The third kappa shape index (κ3) is 2.81. The average molecular weight is 326 g/mol. The van der Waals surface area contributed by atoms with Gasteiger partial charge in [0, 0.05) is 16.6 Å². The number of aliphatic carboxylic acids is 1. The minimum atomic E-state index is -0.823. The van der Waals surface area contributed by atoms with Gasteiger partial charge in [-0.15, -0.1) is 0 Å². The molecule has 102 valence electrons. The summed E-state index contributed by atoms with van der Waals surface area (Å²) in [6.07, 6.45) is 1.28. The Balaban J connectivity index is 2.09. The van der Waals surface area contributed by atoms with Gasteiger partial charge in [-0.3, -0.25) is 9.59 Å². The highest BCUT2D eigenvalue weighted by atomic mass is 79.9. The maximum atomic E-state index is 12.1. The summed E-state index contributed by atoms with van der Waals surface area (Å²) in [5, 5.41) is 11.8. The summed E-state index contributed by atoms with van der Waals surface area (Å²) in [6.45, 7) is 3.98. The second-order valence-corrected chi connectivity index (χ2v) is 6.04. The van der Waals surface area contributed by atoms with E-state index in [1.807, 2.05) is 26.0 Å². The van der Waals surface area contributed by atoms with E-state index in [1.165, 1.54) is 0 Å². The fourth-order valence-corrected chi connectivity index (χ4v) is 2.45. The van der Waals surface area contributed by atoms with Crippen LogP contribution >= 0.6 is 15.9 Å². The molecule has 1 aliphatic carbocycles. The largest absolute Gasteiger partial charge is 0.481 e. The SMILES string of the molecule is Cc1cc(C(=O)NCC2(C(=O)O)CC2)c(C)cc1Br. The standard InChI is InChI=1S/C14H16BrNO3/c1-8-6-11(15)9(2)5-10(8)12(17)16-7-14(3-4-14)13(18)19/h5-6H,3-4,7H2,1-2H3,(H,16,17)(H,18,19). The van der Waals surface area contributed by atoms with E-state index in [0.29, 0.717) is 18.4 Å². The summed E-state index contributed by atoms with van der Waals surface area (Å²) in [4.78, 5) is 23.1. The molecule has 1 aliphatic rings. The maximum absolute atomic E-state index is 12.1. The lowest BCUT2D eigenvalue weighted by Crippen LogP contribution is -2.34. The van der Waals surface area contributed by atoms with Crippen LogP contribution in [0.5, 0.6) is 0 Å². The molecule has 2 N–H and O–H groups in total. The van der Waals surface area contributed by atoms with E-state index in [-0.39, 0.29) is 12.5 Å². The second-order valence-electron chi connectivity index (χ2n) is 5.18. The summed E-state index contributed by atoms with van der Waals surface area (Å²) >= 11 is 3.42. The van der Waals surface area contributed by atoms with Crippen LogP contribution in [-0.4, -0.2) is 23.5 Å². The number of halogens is 1. The van der Waals surface area contributed by atoms with Gasteiger partial charge in [-0.25, -0.2) is 0 Å². The van der Waals surface area contributed by atoms with Gasteiger partial charge < -0.3 is 10.4 Å². The monoisotopic (exact) mass is 325 g/mol. The van der Waals surface area contributed by atoms with Gasteiger partial charge in [0.2, 0.25) is 0 Å². The van der Waals surface area contributed by atoms with Crippen molar-refractivity contribution in [2.24, 2.45) is 5.41 Å². The Hall–Kier alpha value is -1.36. The van der Waals surface area contributed by atoms with Crippen molar-refractivity contribution in [2.75, 3.05) is 6.54 Å². The first kappa shape index (κ1) is 14.1. The average Bonchev–Trinajstić information content (AvgIpc) is 3.12. The zero-order chi connectivity index (χ0) is 14.2. The summed E-state index contributed by atoms with van der Waals surface area (Å²) in [6, 6.07) is 3.71. The van der Waals surface area contributed by atoms with E-state index in [0.717, 1.165) is 15.6 Å². The molecule has 0 saturated heterocycles. The predicted molar refractivity (Wildman–Crippen MR) is 75.3 cm³/mol. The molecule has 1 aromatic rings. The lowest BCUT2D eigenvalue weighted by Gasteiger charge is -2.13. The van der Waals surface area contributed by atoms with Crippen LogP contribution in [0.1, 0.15) is 34.3 Å². The summed E-state index contributed by atoms with van der Waals surface area (Å²) in [5.41, 5.74) is 1.72. The molecule has 19 heavy (non-hydrogen) atoms. The minimum absolute atomic E-state index is 0.204. The van der Waals surface area contributed by atoms with Crippen LogP contribution in [0.2, 0.25) is 0 Å². The predicted octanol–water partition coefficient (Wildman–Crippen LogP) is 2.66. The molecule has 5 heteroatoms. The van der Waals surface area contributed by atoms with Gasteiger partial charge in [0.1, 0.15) is 0 Å². The van der Waals surface area contributed by atoms with Crippen molar-refractivity contribution in [1.82, 2.24) is 5.32 Å². The third-order valence-electron chi connectivity index (χ3n) is 3.64. The Bertz CT molecular complexity index is 550. The van der Waals surface area contributed by atoms with Gasteiger partial charge in [0.15, 0.2) is 0 Å². The Morgan fingerprint density at radius 3 is 2.47 bits per heavy atom. The van der Waals surface area contributed by atoms with Crippen molar-refractivity contribution in [1.29, 1.82) is 0 Å². The smallest absolute Gasteiger partial charge is 0.311 e. The lowest BCUT2D eigenvalue weighted by atomic mass is 10.0. The number of carboxylic acids is 1. The molecule has 4 nitrogen and oxygen atoms in total. The highest BCUT2D eigenvalue weighted by Crippen LogP contribution is 2.45. The Kier molecular flexibility index (Phi) is 3.67. The molecule has 0 bridgehead atoms. The summed E-state index contributed by atoms with van der Waals surface area (Å²) in [5.74, 6) is -1.03. The van der Waals surface area contributed by atoms with E-state index >= 15 is 0 Å². The normalized spacial score (nSPS) is 15.9. The number of nitrogens with one attached hydrogen (secondary N) is 1. The molecule has 0 aliphatic heterocycles. The molecule has 0 heterocycles. The number of rotatable bonds is 4. The molecule has 0 atom stereocenters. The first-order valence-corrected chi connectivity index (χ1v) is 6.93. The molecular weight excluding hydrogens is 310 g/mol. The number of amides is 1. The van der Waals surface area contributed by atoms with Gasteiger partial charge in [0.05, 0.1) is 5.41 Å². The van der Waals surface area contributed by atoms with Gasteiger partial charge in [-0.2, -0.15) is 0 Å². The van der Waals surface area contributed by atoms with E-state index < -0.39 is 11.4 Å². The molecule has 1 saturated carbocycles. The molecule has 2 rings (SSSR count). The highest BCUT2D eigenvalue weighted by Gasteiger charge is 2.50. The molecule has 1 amide bonds. The van der Waals surface area contributed by atoms with Crippen molar-refractivity contribution >= 4 is 27.8 Å². The fraction of sp³-hybridized carbons (Fsp3) is 0.429. The summed E-state index contributed by atoms with van der Waals surface area (Å²) in [7, 11) is 0. The van der Waals surface area contributed by atoms with E-state index in [1.54, 1.807) is 0 Å². The van der Waals surface area contributed by atoms with Crippen molar-refractivity contribution < 1.29 is 14.7 Å². The minimum Gasteiger partial charge on any atom is -0.481 e. The van der Waals surface area contributed by atoms with E-state index in [9.17, 15) is 9.59 Å². The van der Waals surface area contributed by atoms with Crippen molar-refractivity contribution in [2.45, 2.75) is 26.7 Å². The van der Waals surface area contributed by atoms with Gasteiger partial charge >= 0.3 is 5.97 Å². The number of aryl methyl sites for hydroxylation is 2. The number of carboxylic acid groups (broad SMARTS) is 1. The third-order valence-corrected chi connectivity index (χ3v) is 4.50. The maximum Gasteiger partial charge on any atom is 0.311 e. The van der Waals surface area contributed by atoms with E-state index in [4.69, 9.17) is 5.11 Å². The lowest BCUT2D eigenvalue weighted by molar-refractivity contribution is -0.143. The van der Waals surface area contributed by atoms with Crippen LogP contribution in [0, 0.1) is 19.3 Å². The Morgan fingerprint density at radius 2 is 1.95 bits per heavy atom. The number of benzene rings is 1. The van der Waals surface area contributed by atoms with Crippen LogP contribution < -0.4 is 5.32 Å². The first-order chi connectivity index (χ1) is 8.85. The van der Waals surface area contributed by atoms with Crippen LogP contribution in [0.4, 0.5) is 0 Å². The topological polar surface area (TPSA) is 66.4 Å². The van der Waals surface area contributed by atoms with Crippen LogP contribution in [0.25, 0.3) is 0 Å². The highest BCUT2D eigenvalue weighted by molar-refractivity contribution is 9.10. The zero-order valence-corrected chi connectivity index (χ0v) is 12.5. The van der Waals surface area contributed by atoms with Gasteiger partial charge in [-0.1, -0.05) is 15.9 Å². The van der Waals surface area contributed by atoms with Gasteiger partial charge in [0.25, 0.3) is 5.91 Å². The molecule has 0 spiro atoms. The number of hydrogen-bond donors (Lipinski definition) is 2. The second kappa shape index (κ2) is 4.96. The van der Waals surface area contributed by atoms with Gasteiger partial charge in [-0.05, 0) is 49.9 Å². The molecule has 0 radical (unpaired) electrons. The molecule has 0 aromatic heterocycles. The molecule has 0 unspecified atom stereocenters. The number of carbonyl (C=O) groups is 2. The molecule has 1 fully saturated rings. The van der Waals surface area contributed by atoms with Crippen LogP contribution in [0.3, 0.4) is 0 Å². The van der Waals surface area contributed by atoms with Crippen LogP contribution in [0.15, 0.2) is 16.6 Å². The molecular formula is C14H16BrNO3. The number of carbonyl (C=O) groups excluding carboxylic acids is 1. The summed E-state index contributed by atoms with van der Waals surface area (Å²) < 4.78 is 0.964. The quantitative estimate of drug-likeness (QED) is 0.894. The Morgan fingerprint density at radius 1 is 1.32 bits per heavy atom. The van der Waals surface area contributed by atoms with Crippen molar-refractivity contribution in [3.63, 3.8) is 0 Å². The van der Waals surface area contributed by atoms with E-state index in [2.05, 4.69) is 21.2 Å². The Labute approximate surface area is 120 Å². The van der Waals surface area contributed by atoms with Crippen molar-refractivity contribution in [3.8, 4) is 0 Å². The molecule has 1 aromatic carbocycles. The van der Waals surface area contributed by atoms with Crippen LogP contribution in [-0.2, 0) is 4.79 Å². The first-order valence-electron chi connectivity index (χ1n) is 6.14. The zero-order valence-electron chi connectivity index (χ0n) is 10.9.